The van der Waals surface area contributed by atoms with Gasteiger partial charge in [0.2, 0.25) is 0 Å². The van der Waals surface area contributed by atoms with Crippen LogP contribution in [0, 0.1) is 11.3 Å². The van der Waals surface area contributed by atoms with E-state index in [-0.39, 0.29) is 12.1 Å². The maximum Gasteiger partial charge on any atom is 0.255 e. The van der Waals surface area contributed by atoms with Crippen molar-refractivity contribution in [2.45, 2.75) is 25.6 Å². The molecule has 4 rings (SSSR count). The molecule has 0 bridgehead atoms. The number of nitrogens with one attached hydrogen (secondary N) is 2. The fourth-order valence-electron chi connectivity index (χ4n) is 3.79. The second-order valence-electron chi connectivity index (χ2n) is 9.55. The lowest BCUT2D eigenvalue weighted by Crippen LogP contribution is -2.42. The standard InChI is InChI=1S/C29H29FN8O2/c1-5-11-35-37(4)22-8-6-21(7-9-22)36-24-14-26(38-12-10-20-13-19(15-31)16-33-27(20)38)32-17-23(24)28(39)34-18-25(30)29(2,3)40/h5-14,16-17,25,40H,1,18H2,2-4H3,(H,32,36)(H,34,39)/b35-11-/t25-/m1/s1. The lowest BCUT2D eigenvalue weighted by molar-refractivity contribution is -0.00177. The average Bonchev–Trinajstić information content (AvgIpc) is 3.37. The molecule has 1 aromatic carbocycles. The molecular weight excluding hydrogens is 511 g/mol. The lowest BCUT2D eigenvalue weighted by Gasteiger charge is -2.22. The maximum atomic E-state index is 14.3. The summed E-state index contributed by atoms with van der Waals surface area (Å²) in [5, 5.41) is 31.5. The molecular formula is C29H29FN8O2. The largest absolute Gasteiger partial charge is 0.387 e. The van der Waals surface area contributed by atoms with Gasteiger partial charge in [0.1, 0.15) is 23.7 Å². The molecule has 0 radical (unpaired) electrons. The highest BCUT2D eigenvalue weighted by Crippen LogP contribution is 2.27. The molecule has 0 unspecified atom stereocenters. The number of halogens is 1. The fourth-order valence-corrected chi connectivity index (χ4v) is 3.79. The van der Waals surface area contributed by atoms with Crippen LogP contribution in [0.25, 0.3) is 16.9 Å². The van der Waals surface area contributed by atoms with E-state index in [0.717, 1.165) is 11.1 Å². The number of rotatable bonds is 10. The van der Waals surface area contributed by atoms with Crippen molar-refractivity contribution in [3.8, 4) is 11.9 Å². The average molecular weight is 541 g/mol. The second-order valence-corrected chi connectivity index (χ2v) is 9.55. The summed E-state index contributed by atoms with van der Waals surface area (Å²) in [6.45, 7) is 5.93. The number of carbonyl (C=O) groups excluding carboxylic acids is 1. The van der Waals surface area contributed by atoms with Crippen molar-refractivity contribution >= 4 is 40.2 Å². The zero-order valence-corrected chi connectivity index (χ0v) is 22.3. The molecule has 0 saturated heterocycles. The fraction of sp³-hybridized carbons (Fsp3) is 0.207. The van der Waals surface area contributed by atoms with Crippen LogP contribution in [0.4, 0.5) is 21.5 Å². The van der Waals surface area contributed by atoms with E-state index in [0.29, 0.717) is 28.4 Å². The van der Waals surface area contributed by atoms with Crippen molar-refractivity contribution in [3.05, 3.63) is 84.8 Å². The Balaban J connectivity index is 1.68. The van der Waals surface area contributed by atoms with Crippen molar-refractivity contribution in [1.82, 2.24) is 19.9 Å². The van der Waals surface area contributed by atoms with E-state index < -0.39 is 17.7 Å². The van der Waals surface area contributed by atoms with Crippen LogP contribution in [-0.4, -0.2) is 57.1 Å². The number of hydrogen-bond acceptors (Lipinski definition) is 8. The van der Waals surface area contributed by atoms with E-state index in [1.165, 1.54) is 26.2 Å². The third-order valence-corrected chi connectivity index (χ3v) is 6.11. The van der Waals surface area contributed by atoms with Gasteiger partial charge in [0.25, 0.3) is 5.91 Å². The molecule has 1 atom stereocenters. The van der Waals surface area contributed by atoms with Gasteiger partial charge in [-0.1, -0.05) is 6.58 Å². The number of amides is 1. The molecule has 3 heterocycles. The monoisotopic (exact) mass is 540 g/mol. The van der Waals surface area contributed by atoms with Gasteiger partial charge in [-0.15, -0.1) is 0 Å². The molecule has 3 aromatic heterocycles. The van der Waals surface area contributed by atoms with E-state index >= 15 is 0 Å². The summed E-state index contributed by atoms with van der Waals surface area (Å²) in [6, 6.07) is 14.7. The Morgan fingerprint density at radius 2 is 2.02 bits per heavy atom. The Morgan fingerprint density at radius 3 is 2.70 bits per heavy atom. The molecule has 204 valence electrons. The van der Waals surface area contributed by atoms with Crippen LogP contribution >= 0.6 is 0 Å². The second kappa shape index (κ2) is 11.8. The van der Waals surface area contributed by atoms with E-state index in [9.17, 15) is 19.6 Å². The number of benzene rings is 1. The van der Waals surface area contributed by atoms with Crippen LogP contribution in [0.15, 0.2) is 78.8 Å². The third-order valence-electron chi connectivity index (χ3n) is 6.11. The van der Waals surface area contributed by atoms with Crippen LogP contribution in [0.2, 0.25) is 0 Å². The molecule has 1 amide bonds. The van der Waals surface area contributed by atoms with Crippen molar-refractivity contribution in [2.75, 3.05) is 23.9 Å². The number of pyridine rings is 2. The first-order valence-corrected chi connectivity index (χ1v) is 12.4. The van der Waals surface area contributed by atoms with Gasteiger partial charge in [-0.25, -0.2) is 14.4 Å². The van der Waals surface area contributed by atoms with Gasteiger partial charge in [-0.05, 0) is 56.3 Å². The first-order chi connectivity index (χ1) is 19.1. The van der Waals surface area contributed by atoms with E-state index in [1.54, 1.807) is 47.2 Å². The van der Waals surface area contributed by atoms with Crippen LogP contribution in [0.1, 0.15) is 29.8 Å². The molecule has 10 nitrogen and oxygen atoms in total. The molecule has 0 spiro atoms. The van der Waals surface area contributed by atoms with Gasteiger partial charge in [-0.2, -0.15) is 10.4 Å². The molecule has 4 aromatic rings. The number of hydrogen-bond donors (Lipinski definition) is 3. The highest BCUT2D eigenvalue weighted by molar-refractivity contribution is 6.00. The van der Waals surface area contributed by atoms with Gasteiger partial charge in [-0.3, -0.25) is 14.4 Å². The maximum absolute atomic E-state index is 14.3. The zero-order valence-electron chi connectivity index (χ0n) is 22.3. The minimum absolute atomic E-state index is 0.180. The van der Waals surface area contributed by atoms with E-state index in [1.807, 2.05) is 30.3 Å². The van der Waals surface area contributed by atoms with Crippen molar-refractivity contribution < 1.29 is 14.3 Å². The summed E-state index contributed by atoms with van der Waals surface area (Å²) in [5.41, 5.74) is 1.54. The number of fused-ring (bicyclic) bond motifs is 1. The molecule has 3 N–H and O–H groups in total. The minimum atomic E-state index is -1.66. The Morgan fingerprint density at radius 1 is 1.27 bits per heavy atom. The van der Waals surface area contributed by atoms with Crippen molar-refractivity contribution in [3.63, 3.8) is 0 Å². The summed E-state index contributed by atoms with van der Waals surface area (Å²) in [7, 11) is 1.81. The number of alkyl halides is 1. The lowest BCUT2D eigenvalue weighted by atomic mass is 10.0. The van der Waals surface area contributed by atoms with E-state index in [4.69, 9.17) is 0 Å². The highest BCUT2D eigenvalue weighted by atomic mass is 19.1. The number of hydrazone groups is 1. The zero-order chi connectivity index (χ0) is 28.9. The van der Waals surface area contributed by atoms with Gasteiger partial charge in [0, 0.05) is 49.0 Å². The molecule has 0 aliphatic heterocycles. The molecule has 0 aliphatic carbocycles. The molecule has 40 heavy (non-hydrogen) atoms. The number of aromatic nitrogens is 3. The Bertz CT molecular complexity index is 1600. The first kappa shape index (κ1) is 27.9. The molecule has 11 heteroatoms. The summed E-state index contributed by atoms with van der Waals surface area (Å²) in [4.78, 5) is 21.9. The van der Waals surface area contributed by atoms with Crippen LogP contribution < -0.4 is 15.6 Å². The van der Waals surface area contributed by atoms with Gasteiger partial charge >= 0.3 is 0 Å². The van der Waals surface area contributed by atoms with E-state index in [2.05, 4.69) is 38.4 Å². The summed E-state index contributed by atoms with van der Waals surface area (Å²) >= 11 is 0. The number of carbonyl (C=O) groups is 1. The highest BCUT2D eigenvalue weighted by Gasteiger charge is 2.27. The number of nitriles is 1. The SMILES string of the molecule is C=C/C=N\N(C)c1ccc(Nc2cc(-n3ccc4cc(C#N)cnc43)ncc2C(=O)NC[C@@H](F)C(C)(C)O)cc1. The predicted octanol–water partition coefficient (Wildman–Crippen LogP) is 4.48. The van der Waals surface area contributed by atoms with Crippen molar-refractivity contribution in [1.29, 1.82) is 5.26 Å². The summed E-state index contributed by atoms with van der Waals surface area (Å²) in [6.07, 6.45) is 6.15. The molecule has 0 aliphatic rings. The van der Waals surface area contributed by atoms with Crippen LogP contribution in [0.5, 0.6) is 0 Å². The molecule has 0 saturated carbocycles. The summed E-state index contributed by atoms with van der Waals surface area (Å²) in [5.74, 6) is -0.0843. The number of nitrogens with zero attached hydrogens (tertiary/aromatic N) is 6. The number of aliphatic hydroxyl groups is 1. The normalized spacial score (nSPS) is 12.2. The number of anilines is 3. The van der Waals surface area contributed by atoms with Gasteiger partial charge < -0.3 is 15.7 Å². The Kier molecular flexibility index (Phi) is 8.21. The smallest absolute Gasteiger partial charge is 0.255 e. The Hall–Kier alpha value is -5.08. The minimum Gasteiger partial charge on any atom is -0.387 e. The topological polar surface area (TPSA) is 131 Å². The quantitative estimate of drug-likeness (QED) is 0.200. The van der Waals surface area contributed by atoms with Gasteiger partial charge in [0.05, 0.1) is 34.6 Å². The van der Waals surface area contributed by atoms with Crippen LogP contribution in [0.3, 0.4) is 0 Å². The van der Waals surface area contributed by atoms with Crippen molar-refractivity contribution in [2.24, 2.45) is 5.10 Å². The first-order valence-electron chi connectivity index (χ1n) is 12.4. The summed E-state index contributed by atoms with van der Waals surface area (Å²) < 4.78 is 16.1. The third kappa shape index (κ3) is 6.31. The predicted molar refractivity (Wildman–Crippen MR) is 154 cm³/mol. The van der Waals surface area contributed by atoms with Crippen LogP contribution in [-0.2, 0) is 0 Å². The molecule has 0 fully saturated rings. The van der Waals surface area contributed by atoms with Gasteiger partial charge in [0.15, 0.2) is 0 Å². The number of allylic oxidation sites excluding steroid dienone is 1. The Labute approximate surface area is 231 Å².